The second-order valence-electron chi connectivity index (χ2n) is 3.26. The molecule has 0 bridgehead atoms. The lowest BCUT2D eigenvalue weighted by molar-refractivity contribution is 0.0548. The topological polar surface area (TPSA) is 101 Å². The maximum Gasteiger partial charge on any atom is 0.338 e. The van der Waals surface area contributed by atoms with Crippen LogP contribution < -0.4 is 0 Å². The summed E-state index contributed by atoms with van der Waals surface area (Å²) in [5.41, 5.74) is -0.877. The van der Waals surface area contributed by atoms with Crippen LogP contribution in [0, 0.1) is 0 Å². The number of esters is 1. The number of benzene rings is 1. The molecule has 0 aliphatic heterocycles. The summed E-state index contributed by atoms with van der Waals surface area (Å²) >= 11 is 0. The van der Waals surface area contributed by atoms with Crippen molar-refractivity contribution in [3.8, 4) is 0 Å². The first kappa shape index (κ1) is 13.4. The molecule has 0 amide bonds. The fourth-order valence-corrected chi connectivity index (χ4v) is 1.25. The van der Waals surface area contributed by atoms with Gasteiger partial charge in [-0.3, -0.25) is 0 Å². The minimum Gasteiger partial charge on any atom is -0.478 e. The molecule has 18 heavy (non-hydrogen) atoms. The highest BCUT2D eigenvalue weighted by molar-refractivity contribution is 6.03. The summed E-state index contributed by atoms with van der Waals surface area (Å²) in [5, 5.41) is 17.7. The molecule has 2 N–H and O–H groups in total. The Hall–Kier alpha value is -2.63. The van der Waals surface area contributed by atoms with Gasteiger partial charge >= 0.3 is 17.9 Å². The van der Waals surface area contributed by atoms with Gasteiger partial charge < -0.3 is 14.9 Å². The van der Waals surface area contributed by atoms with E-state index in [1.165, 1.54) is 12.1 Å². The lowest BCUT2D eigenvalue weighted by atomic mass is 10.0. The van der Waals surface area contributed by atoms with E-state index in [9.17, 15) is 14.4 Å². The van der Waals surface area contributed by atoms with Crippen LogP contribution in [0.1, 0.15) is 31.1 Å². The summed E-state index contributed by atoms with van der Waals surface area (Å²) in [7, 11) is 0. The van der Waals surface area contributed by atoms with Crippen molar-refractivity contribution in [1.82, 2.24) is 0 Å². The molecule has 94 valence electrons. The molecular weight excluding hydrogens is 240 g/mol. The summed E-state index contributed by atoms with van der Waals surface area (Å²) < 4.78 is 4.71. The SMILES string of the molecule is C=CCOC(=O)c1ccc(C(=O)O)c(C(=O)O)c1. The zero-order chi connectivity index (χ0) is 13.7. The standard InChI is InChI=1S/C12H10O6/c1-2-5-18-12(17)7-3-4-8(10(13)14)9(6-7)11(15)16/h2-4,6H,1,5H2,(H,13,14)(H,15,16). The normalized spacial score (nSPS) is 9.56. The maximum atomic E-state index is 11.4. The lowest BCUT2D eigenvalue weighted by Crippen LogP contribution is -2.11. The zero-order valence-corrected chi connectivity index (χ0v) is 9.25. The highest BCUT2D eigenvalue weighted by Gasteiger charge is 2.18. The van der Waals surface area contributed by atoms with Gasteiger partial charge in [0, 0.05) is 0 Å². The monoisotopic (exact) mass is 250 g/mol. The predicted molar refractivity (Wildman–Crippen MR) is 60.8 cm³/mol. The smallest absolute Gasteiger partial charge is 0.338 e. The average Bonchev–Trinajstić information content (AvgIpc) is 2.34. The Kier molecular flexibility index (Phi) is 4.20. The quantitative estimate of drug-likeness (QED) is 0.605. The Morgan fingerprint density at radius 3 is 2.28 bits per heavy atom. The molecule has 0 unspecified atom stereocenters. The molecule has 6 nitrogen and oxygen atoms in total. The molecule has 1 rings (SSSR count). The van der Waals surface area contributed by atoms with Crippen LogP contribution in [0.25, 0.3) is 0 Å². The van der Waals surface area contributed by atoms with E-state index in [1.807, 2.05) is 0 Å². The number of hydrogen-bond donors (Lipinski definition) is 2. The highest BCUT2D eigenvalue weighted by atomic mass is 16.5. The molecular formula is C12H10O6. The Bertz CT molecular complexity index is 517. The van der Waals surface area contributed by atoms with Crippen molar-refractivity contribution < 1.29 is 29.3 Å². The van der Waals surface area contributed by atoms with Gasteiger partial charge in [0.15, 0.2) is 0 Å². The molecule has 0 aliphatic carbocycles. The molecule has 1 aromatic carbocycles. The van der Waals surface area contributed by atoms with E-state index in [-0.39, 0.29) is 17.7 Å². The number of carboxylic acids is 2. The van der Waals surface area contributed by atoms with E-state index in [2.05, 4.69) is 6.58 Å². The molecule has 0 atom stereocenters. The van der Waals surface area contributed by atoms with Crippen LogP contribution in [-0.2, 0) is 4.74 Å². The van der Waals surface area contributed by atoms with Crippen LogP contribution >= 0.6 is 0 Å². The molecule has 0 fully saturated rings. The van der Waals surface area contributed by atoms with E-state index < -0.39 is 23.5 Å². The van der Waals surface area contributed by atoms with Gasteiger partial charge in [-0.15, -0.1) is 0 Å². The first-order chi connectivity index (χ1) is 8.47. The third-order valence-corrected chi connectivity index (χ3v) is 2.05. The summed E-state index contributed by atoms with van der Waals surface area (Å²) in [6.45, 7) is 3.35. The second-order valence-corrected chi connectivity index (χ2v) is 3.26. The van der Waals surface area contributed by atoms with Crippen LogP contribution in [0.5, 0.6) is 0 Å². The summed E-state index contributed by atoms with van der Waals surface area (Å²) in [6.07, 6.45) is 1.36. The van der Waals surface area contributed by atoms with Crippen molar-refractivity contribution in [2.45, 2.75) is 0 Å². The molecule has 0 aromatic heterocycles. The van der Waals surface area contributed by atoms with Crippen LogP contribution in [0.4, 0.5) is 0 Å². The summed E-state index contributed by atoms with van der Waals surface area (Å²) in [4.78, 5) is 33.1. The van der Waals surface area contributed by atoms with E-state index in [4.69, 9.17) is 14.9 Å². The molecule has 0 radical (unpaired) electrons. The van der Waals surface area contributed by atoms with E-state index >= 15 is 0 Å². The van der Waals surface area contributed by atoms with Crippen molar-refractivity contribution in [3.05, 3.63) is 47.5 Å². The molecule has 0 saturated carbocycles. The van der Waals surface area contributed by atoms with E-state index in [1.54, 1.807) is 0 Å². The van der Waals surface area contributed by atoms with Crippen molar-refractivity contribution in [1.29, 1.82) is 0 Å². The van der Waals surface area contributed by atoms with Gasteiger partial charge in [-0.2, -0.15) is 0 Å². The van der Waals surface area contributed by atoms with Gasteiger partial charge in [-0.1, -0.05) is 12.7 Å². The number of aromatic carboxylic acids is 2. The fourth-order valence-electron chi connectivity index (χ4n) is 1.25. The zero-order valence-electron chi connectivity index (χ0n) is 9.25. The largest absolute Gasteiger partial charge is 0.478 e. The Morgan fingerprint density at radius 1 is 1.17 bits per heavy atom. The fraction of sp³-hybridized carbons (Fsp3) is 0.0833. The summed E-state index contributed by atoms with van der Waals surface area (Å²) in [6, 6.07) is 3.22. The van der Waals surface area contributed by atoms with Gasteiger partial charge in [0.25, 0.3) is 0 Å². The highest BCUT2D eigenvalue weighted by Crippen LogP contribution is 2.13. The molecule has 0 heterocycles. The Balaban J connectivity index is 3.15. The third-order valence-electron chi connectivity index (χ3n) is 2.05. The number of carbonyl (C=O) groups excluding carboxylic acids is 1. The first-order valence-corrected chi connectivity index (χ1v) is 4.86. The van der Waals surface area contributed by atoms with Crippen molar-refractivity contribution in [2.75, 3.05) is 6.61 Å². The van der Waals surface area contributed by atoms with Crippen molar-refractivity contribution in [3.63, 3.8) is 0 Å². The second kappa shape index (κ2) is 5.62. The minimum absolute atomic E-state index is 0.0120. The van der Waals surface area contributed by atoms with E-state index in [0.717, 1.165) is 12.1 Å². The predicted octanol–water partition coefficient (Wildman–Crippen LogP) is 1.43. The third kappa shape index (κ3) is 2.94. The van der Waals surface area contributed by atoms with Crippen LogP contribution in [-0.4, -0.2) is 34.7 Å². The van der Waals surface area contributed by atoms with Gasteiger partial charge in [0.1, 0.15) is 6.61 Å². The van der Waals surface area contributed by atoms with Crippen molar-refractivity contribution in [2.24, 2.45) is 0 Å². The minimum atomic E-state index is -1.43. The number of hydrogen-bond acceptors (Lipinski definition) is 4. The van der Waals surface area contributed by atoms with E-state index in [0.29, 0.717) is 0 Å². The molecule has 0 spiro atoms. The van der Waals surface area contributed by atoms with Crippen LogP contribution in [0.15, 0.2) is 30.9 Å². The average molecular weight is 250 g/mol. The molecule has 1 aromatic rings. The molecule has 0 aliphatic rings. The summed E-state index contributed by atoms with van der Waals surface area (Å²) in [5.74, 6) is -3.54. The van der Waals surface area contributed by atoms with Gasteiger partial charge in [0.05, 0.1) is 16.7 Å². The number of carbonyl (C=O) groups is 3. The van der Waals surface area contributed by atoms with Crippen LogP contribution in [0.3, 0.4) is 0 Å². The van der Waals surface area contributed by atoms with Crippen LogP contribution in [0.2, 0.25) is 0 Å². The maximum absolute atomic E-state index is 11.4. The molecule has 6 heteroatoms. The Labute approximate surface area is 102 Å². The Morgan fingerprint density at radius 2 is 1.78 bits per heavy atom. The number of ether oxygens (including phenoxy) is 1. The molecule has 0 saturated heterocycles. The number of carboxylic acid groups (broad SMARTS) is 2. The lowest BCUT2D eigenvalue weighted by Gasteiger charge is -2.05. The van der Waals surface area contributed by atoms with Gasteiger partial charge in [0.2, 0.25) is 0 Å². The van der Waals surface area contributed by atoms with Crippen molar-refractivity contribution >= 4 is 17.9 Å². The number of rotatable bonds is 5. The van der Waals surface area contributed by atoms with Gasteiger partial charge in [-0.05, 0) is 18.2 Å². The first-order valence-electron chi connectivity index (χ1n) is 4.86. The van der Waals surface area contributed by atoms with Gasteiger partial charge in [-0.25, -0.2) is 14.4 Å².